The first-order chi connectivity index (χ1) is 17.0. The number of sulfonamides is 1. The molecule has 0 aromatic heterocycles. The van der Waals surface area contributed by atoms with Crippen molar-refractivity contribution < 1.29 is 45.5 Å². The lowest BCUT2D eigenvalue weighted by Gasteiger charge is -2.31. The highest BCUT2D eigenvalue weighted by Crippen LogP contribution is 2.27. The molecule has 216 valence electrons. The van der Waals surface area contributed by atoms with Gasteiger partial charge < -0.3 is 14.3 Å². The van der Waals surface area contributed by atoms with E-state index in [1.54, 1.807) is 34.6 Å². The van der Waals surface area contributed by atoms with Gasteiger partial charge >= 0.3 is 28.2 Å². The van der Waals surface area contributed by atoms with Gasteiger partial charge in [0.2, 0.25) is 0 Å². The molecule has 0 aliphatic carbocycles. The number of nitrogens with zero attached hydrogens (tertiary/aromatic N) is 2. The normalized spacial score (nSPS) is 13.4. The number of carbonyl (C=O) groups is 3. The van der Waals surface area contributed by atoms with E-state index in [1.807, 2.05) is 0 Å². The van der Waals surface area contributed by atoms with Crippen LogP contribution in [0.15, 0.2) is 34.1 Å². The molecule has 14 heteroatoms. The summed E-state index contributed by atoms with van der Waals surface area (Å²) < 4.78 is 61.9. The van der Waals surface area contributed by atoms with E-state index < -0.39 is 65.1 Å². The van der Waals surface area contributed by atoms with Crippen molar-refractivity contribution in [1.29, 1.82) is 0 Å². The Hall–Kier alpha value is -2.87. The molecule has 1 atom stereocenters. The fourth-order valence-corrected chi connectivity index (χ4v) is 5.69. The second-order valence-corrected chi connectivity index (χ2v) is 14.8. The van der Waals surface area contributed by atoms with Crippen LogP contribution in [0, 0.1) is 5.92 Å². The van der Waals surface area contributed by atoms with E-state index in [-0.39, 0.29) is 16.8 Å². The average Bonchev–Trinajstić information content (AvgIpc) is 2.71. The molecule has 0 bridgehead atoms. The van der Waals surface area contributed by atoms with E-state index in [0.29, 0.717) is 0 Å². The van der Waals surface area contributed by atoms with Crippen LogP contribution in [0.2, 0.25) is 0 Å². The van der Waals surface area contributed by atoms with Crippen LogP contribution >= 0.6 is 0 Å². The molecular formula is C24H38N2O10S2. The summed E-state index contributed by atoms with van der Waals surface area (Å²) in [5, 5.41) is 0. The molecule has 1 aromatic carbocycles. The number of ether oxygens (including phenoxy) is 2. The minimum Gasteiger partial charge on any atom is -0.444 e. The van der Waals surface area contributed by atoms with Gasteiger partial charge in [-0.3, -0.25) is 4.90 Å². The third-order valence-electron chi connectivity index (χ3n) is 4.58. The fraction of sp³-hybridized carbons (Fsp3) is 0.625. The van der Waals surface area contributed by atoms with Gasteiger partial charge in [0.1, 0.15) is 22.1 Å². The molecule has 0 heterocycles. The van der Waals surface area contributed by atoms with Crippen molar-refractivity contribution in [3.05, 3.63) is 24.3 Å². The van der Waals surface area contributed by atoms with E-state index in [9.17, 15) is 31.2 Å². The summed E-state index contributed by atoms with van der Waals surface area (Å²) in [7, 11) is -7.93. The van der Waals surface area contributed by atoms with Gasteiger partial charge in [0.15, 0.2) is 9.84 Å². The lowest BCUT2D eigenvalue weighted by atomic mass is 10.0. The highest BCUT2D eigenvalue weighted by molar-refractivity contribution is 7.93. The Morgan fingerprint density at radius 2 is 1.29 bits per heavy atom. The molecule has 0 spiro atoms. The largest absolute Gasteiger partial charge is 0.459 e. The molecule has 0 aliphatic rings. The third kappa shape index (κ3) is 9.46. The van der Waals surface area contributed by atoms with Crippen LogP contribution in [0.4, 0.5) is 9.59 Å². The molecule has 0 N–H and O–H groups in total. The second-order valence-electron chi connectivity index (χ2n) is 11.1. The Morgan fingerprint density at radius 3 is 1.71 bits per heavy atom. The van der Waals surface area contributed by atoms with E-state index in [1.165, 1.54) is 40.0 Å². The number of hydrogen-bond donors (Lipinski definition) is 0. The molecule has 2 amide bonds. The molecule has 0 saturated carbocycles. The Morgan fingerprint density at radius 1 is 0.842 bits per heavy atom. The van der Waals surface area contributed by atoms with E-state index >= 15 is 0 Å². The van der Waals surface area contributed by atoms with E-state index in [4.69, 9.17) is 14.3 Å². The van der Waals surface area contributed by atoms with Crippen molar-refractivity contribution >= 4 is 38.0 Å². The van der Waals surface area contributed by atoms with Crippen molar-refractivity contribution in [3.63, 3.8) is 0 Å². The molecular weight excluding hydrogens is 540 g/mol. The SMILES string of the molecule is CC(C)C[C@@H](C(=O)ON(C(=O)OC(C)(C)C)S(=O)(=O)c1ccccc1S(C)(=O)=O)N(C)C(=O)OC(C)(C)C. The molecule has 0 radical (unpaired) electrons. The van der Waals surface area contributed by atoms with Crippen molar-refractivity contribution in [3.8, 4) is 0 Å². The van der Waals surface area contributed by atoms with Crippen LogP contribution in [-0.2, 0) is 39.0 Å². The van der Waals surface area contributed by atoms with Crippen molar-refractivity contribution in [2.24, 2.45) is 5.92 Å². The van der Waals surface area contributed by atoms with Crippen LogP contribution in [0.5, 0.6) is 0 Å². The number of hydrogen-bond acceptors (Lipinski definition) is 10. The molecule has 1 aromatic rings. The first-order valence-corrected chi connectivity index (χ1v) is 15.1. The third-order valence-corrected chi connectivity index (χ3v) is 7.43. The number of benzene rings is 1. The van der Waals surface area contributed by atoms with Crippen LogP contribution in [0.25, 0.3) is 0 Å². The molecule has 0 fully saturated rings. The van der Waals surface area contributed by atoms with Gasteiger partial charge in [0, 0.05) is 13.3 Å². The Labute approximate surface area is 225 Å². The highest BCUT2D eigenvalue weighted by atomic mass is 32.2. The van der Waals surface area contributed by atoms with Crippen LogP contribution in [-0.4, -0.2) is 74.9 Å². The summed E-state index contributed by atoms with van der Waals surface area (Å²) in [5.74, 6) is -1.45. The maximum Gasteiger partial charge on any atom is 0.459 e. The molecule has 12 nitrogen and oxygen atoms in total. The maximum absolute atomic E-state index is 13.6. The van der Waals surface area contributed by atoms with Gasteiger partial charge in [-0.15, -0.1) is 0 Å². The monoisotopic (exact) mass is 578 g/mol. The molecule has 0 aliphatic heterocycles. The predicted octanol–water partition coefficient (Wildman–Crippen LogP) is 3.76. The Kier molecular flexibility index (Phi) is 10.4. The molecule has 38 heavy (non-hydrogen) atoms. The molecule has 0 saturated heterocycles. The summed E-state index contributed by atoms with van der Waals surface area (Å²) in [5.41, 5.74) is -2.10. The summed E-state index contributed by atoms with van der Waals surface area (Å²) >= 11 is 0. The van der Waals surface area contributed by atoms with E-state index in [2.05, 4.69) is 0 Å². The van der Waals surface area contributed by atoms with Crippen molar-refractivity contribution in [2.45, 2.75) is 88.8 Å². The zero-order valence-electron chi connectivity index (χ0n) is 23.5. The summed E-state index contributed by atoms with van der Waals surface area (Å²) in [6.45, 7) is 12.8. The minimum absolute atomic E-state index is 0.0245. The number of rotatable bonds is 7. The molecule has 0 unspecified atom stereocenters. The van der Waals surface area contributed by atoms with Gasteiger partial charge in [-0.1, -0.05) is 26.0 Å². The smallest absolute Gasteiger partial charge is 0.444 e. The number of amides is 2. The first-order valence-electron chi connectivity index (χ1n) is 11.7. The standard InChI is InChI=1S/C24H38N2O10S2/c1-16(2)15-17(25(9)21(28)34-23(3,4)5)20(27)36-26(22(29)35-24(6,7)8)38(32,33)19-14-12-11-13-18(19)37(10,30)31/h11-14,16-17H,15H2,1-10H3/t17-/m0/s1. The first kappa shape index (κ1) is 33.2. The summed E-state index contributed by atoms with van der Waals surface area (Å²) in [6, 6.07) is 3.17. The van der Waals surface area contributed by atoms with Crippen molar-refractivity contribution in [2.75, 3.05) is 13.3 Å². The number of likely N-dealkylation sites (N-methyl/N-ethyl adjacent to an activating group) is 1. The van der Waals surface area contributed by atoms with Gasteiger partial charge in [0.25, 0.3) is 0 Å². The lowest BCUT2D eigenvalue weighted by Crippen LogP contribution is -2.50. The summed E-state index contributed by atoms with van der Waals surface area (Å²) in [6.07, 6.45) is -1.65. The summed E-state index contributed by atoms with van der Waals surface area (Å²) in [4.78, 5) is 43.6. The average molecular weight is 579 g/mol. The Bertz CT molecular complexity index is 1240. The zero-order valence-corrected chi connectivity index (χ0v) is 25.1. The van der Waals surface area contributed by atoms with Crippen LogP contribution in [0.1, 0.15) is 61.8 Å². The van der Waals surface area contributed by atoms with Gasteiger partial charge in [-0.25, -0.2) is 22.8 Å². The van der Waals surface area contributed by atoms with E-state index in [0.717, 1.165) is 23.3 Å². The zero-order chi connectivity index (χ0) is 29.9. The fourth-order valence-electron chi connectivity index (χ4n) is 3.01. The van der Waals surface area contributed by atoms with Crippen LogP contribution in [0.3, 0.4) is 0 Å². The van der Waals surface area contributed by atoms with Gasteiger partial charge in [-0.05, 0) is 70.5 Å². The van der Waals surface area contributed by atoms with Crippen LogP contribution < -0.4 is 0 Å². The second kappa shape index (κ2) is 11.9. The number of carbonyl (C=O) groups excluding carboxylic acids is 3. The maximum atomic E-state index is 13.6. The topological polar surface area (TPSA) is 154 Å². The van der Waals surface area contributed by atoms with Gasteiger partial charge in [0.05, 0.1) is 4.90 Å². The lowest BCUT2D eigenvalue weighted by molar-refractivity contribution is -0.173. The quantitative estimate of drug-likeness (QED) is 0.437. The number of sulfone groups is 1. The van der Waals surface area contributed by atoms with Crippen molar-refractivity contribution in [1.82, 2.24) is 9.37 Å². The Balaban J connectivity index is 3.63. The highest BCUT2D eigenvalue weighted by Gasteiger charge is 2.42. The number of hydroxylamine groups is 1. The van der Waals surface area contributed by atoms with Gasteiger partial charge in [-0.2, -0.15) is 8.42 Å². The predicted molar refractivity (Wildman–Crippen MR) is 138 cm³/mol. The molecule has 1 rings (SSSR count). The minimum atomic E-state index is -5.12.